The zero-order chi connectivity index (χ0) is 18.7. The van der Waals surface area contributed by atoms with Crippen molar-refractivity contribution in [3.8, 4) is 0 Å². The predicted octanol–water partition coefficient (Wildman–Crippen LogP) is 4.41. The van der Waals surface area contributed by atoms with Crippen molar-refractivity contribution in [1.82, 2.24) is 10.2 Å². The van der Waals surface area contributed by atoms with Crippen LogP contribution in [-0.2, 0) is 4.84 Å². The smallest absolute Gasteiger partial charge is 0.168 e. The molecule has 1 spiro atoms. The van der Waals surface area contributed by atoms with Gasteiger partial charge in [-0.2, -0.15) is 0 Å². The van der Waals surface area contributed by atoms with E-state index in [-0.39, 0.29) is 5.60 Å². The number of hydrogen-bond donors (Lipinski definition) is 1. The Morgan fingerprint density at radius 2 is 1.89 bits per heavy atom. The third-order valence-corrected chi connectivity index (χ3v) is 6.86. The van der Waals surface area contributed by atoms with E-state index in [1.165, 1.54) is 43.2 Å². The summed E-state index contributed by atoms with van der Waals surface area (Å²) >= 11 is 5.66. The molecule has 2 heterocycles. The highest BCUT2D eigenvalue weighted by atomic mass is 32.1. The minimum atomic E-state index is -0.129. The monoisotopic (exact) mass is 385 g/mol. The Bertz CT molecular complexity index is 686. The van der Waals surface area contributed by atoms with Crippen molar-refractivity contribution in [2.45, 2.75) is 63.9 Å². The molecule has 2 aliphatic heterocycles. The summed E-state index contributed by atoms with van der Waals surface area (Å²) in [7, 11) is 0. The molecule has 1 saturated carbocycles. The van der Waals surface area contributed by atoms with Crippen LogP contribution in [0.2, 0.25) is 0 Å². The van der Waals surface area contributed by atoms with Gasteiger partial charge in [0.25, 0.3) is 0 Å². The van der Waals surface area contributed by atoms with Gasteiger partial charge in [-0.3, -0.25) is 0 Å². The fraction of sp³-hybridized carbons (Fsp3) is 0.636. The van der Waals surface area contributed by atoms with Crippen LogP contribution >= 0.6 is 12.2 Å². The van der Waals surface area contributed by atoms with Gasteiger partial charge in [-0.1, -0.05) is 54.2 Å². The molecule has 4 nitrogen and oxygen atoms in total. The number of nitrogens with one attached hydrogen (secondary N) is 1. The van der Waals surface area contributed by atoms with Crippen LogP contribution in [0.1, 0.15) is 62.5 Å². The molecule has 1 aromatic rings. The lowest BCUT2D eigenvalue weighted by molar-refractivity contribution is -0.0524. The second kappa shape index (κ2) is 8.17. The number of benzene rings is 1. The Morgan fingerprint density at radius 3 is 2.59 bits per heavy atom. The Balaban J connectivity index is 1.25. The molecule has 0 amide bonds. The summed E-state index contributed by atoms with van der Waals surface area (Å²) in [5, 5.41) is 8.88. The molecule has 1 saturated heterocycles. The molecule has 4 rings (SSSR count). The molecule has 0 unspecified atom stereocenters. The van der Waals surface area contributed by atoms with Gasteiger partial charge in [-0.25, -0.2) is 0 Å². The molecular formula is C22H31N3OS. The molecule has 5 heteroatoms. The highest BCUT2D eigenvalue weighted by Crippen LogP contribution is 2.36. The summed E-state index contributed by atoms with van der Waals surface area (Å²) in [6.45, 7) is 5.05. The Morgan fingerprint density at radius 1 is 1.19 bits per heavy atom. The van der Waals surface area contributed by atoms with Crippen LogP contribution in [0.25, 0.3) is 0 Å². The van der Waals surface area contributed by atoms with Gasteiger partial charge in [0, 0.05) is 38.9 Å². The van der Waals surface area contributed by atoms with Gasteiger partial charge in [-0.15, -0.1) is 0 Å². The summed E-state index contributed by atoms with van der Waals surface area (Å²) in [6, 6.07) is 8.58. The largest absolute Gasteiger partial charge is 0.388 e. The van der Waals surface area contributed by atoms with Crippen molar-refractivity contribution in [2.24, 2.45) is 11.1 Å². The van der Waals surface area contributed by atoms with E-state index in [9.17, 15) is 0 Å². The average Bonchev–Trinajstić information content (AvgIpc) is 3.11. The summed E-state index contributed by atoms with van der Waals surface area (Å²) in [5.41, 5.74) is 3.41. The van der Waals surface area contributed by atoms with Crippen LogP contribution in [0.15, 0.2) is 29.4 Å². The first kappa shape index (κ1) is 18.7. The van der Waals surface area contributed by atoms with Crippen molar-refractivity contribution >= 4 is 23.0 Å². The zero-order valence-corrected chi connectivity index (χ0v) is 17.2. The van der Waals surface area contributed by atoms with E-state index >= 15 is 0 Å². The third kappa shape index (κ3) is 4.45. The number of nitrogens with zero attached hydrogens (tertiary/aromatic N) is 2. The average molecular weight is 386 g/mol. The maximum absolute atomic E-state index is 5.96. The van der Waals surface area contributed by atoms with Crippen molar-refractivity contribution in [3.63, 3.8) is 0 Å². The quantitative estimate of drug-likeness (QED) is 0.782. The molecule has 0 atom stereocenters. The number of rotatable bonds is 3. The third-order valence-electron chi connectivity index (χ3n) is 6.45. The van der Waals surface area contributed by atoms with Gasteiger partial charge >= 0.3 is 0 Å². The van der Waals surface area contributed by atoms with Gasteiger partial charge in [0.15, 0.2) is 5.11 Å². The molecule has 1 aromatic carbocycles. The molecule has 0 aromatic heterocycles. The highest BCUT2D eigenvalue weighted by molar-refractivity contribution is 7.80. The maximum Gasteiger partial charge on any atom is 0.168 e. The fourth-order valence-electron chi connectivity index (χ4n) is 4.54. The van der Waals surface area contributed by atoms with Crippen molar-refractivity contribution in [1.29, 1.82) is 0 Å². The molecule has 3 aliphatic rings. The second-order valence-electron chi connectivity index (χ2n) is 8.53. The number of likely N-dealkylation sites (tertiary alicyclic amines) is 1. The summed E-state index contributed by atoms with van der Waals surface area (Å²) in [5.74, 6) is 0.802. The molecule has 0 bridgehead atoms. The second-order valence-corrected chi connectivity index (χ2v) is 8.92. The first-order chi connectivity index (χ1) is 13.1. The predicted molar refractivity (Wildman–Crippen MR) is 114 cm³/mol. The lowest BCUT2D eigenvalue weighted by atomic mass is 9.85. The summed E-state index contributed by atoms with van der Waals surface area (Å²) < 4.78 is 0. The van der Waals surface area contributed by atoms with Crippen molar-refractivity contribution in [2.75, 3.05) is 19.6 Å². The number of hydrogen-bond acceptors (Lipinski definition) is 3. The van der Waals surface area contributed by atoms with Gasteiger partial charge in [-0.05, 0) is 43.5 Å². The molecule has 1 aliphatic carbocycles. The van der Waals surface area contributed by atoms with E-state index in [4.69, 9.17) is 17.1 Å². The molecule has 146 valence electrons. The number of thiocarbonyl (C=S) groups is 1. The maximum atomic E-state index is 5.96. The number of aryl methyl sites for hydroxylation is 1. The van der Waals surface area contributed by atoms with Crippen LogP contribution in [0, 0.1) is 12.8 Å². The first-order valence-electron chi connectivity index (χ1n) is 10.5. The molecule has 1 N–H and O–H groups in total. The minimum Gasteiger partial charge on any atom is -0.388 e. The van der Waals surface area contributed by atoms with Crippen LogP contribution in [0.3, 0.4) is 0 Å². The fourth-order valence-corrected chi connectivity index (χ4v) is 4.81. The Kier molecular flexibility index (Phi) is 5.67. The van der Waals surface area contributed by atoms with E-state index in [0.29, 0.717) is 0 Å². The lowest BCUT2D eigenvalue weighted by Crippen LogP contribution is -2.50. The van der Waals surface area contributed by atoms with Gasteiger partial charge < -0.3 is 15.1 Å². The lowest BCUT2D eigenvalue weighted by Gasteiger charge is -2.38. The topological polar surface area (TPSA) is 36.9 Å². The molecular weight excluding hydrogens is 354 g/mol. The van der Waals surface area contributed by atoms with Crippen LogP contribution in [0.4, 0.5) is 0 Å². The first-order valence-corrected chi connectivity index (χ1v) is 10.9. The van der Waals surface area contributed by atoms with E-state index in [0.717, 1.165) is 55.6 Å². The molecule has 27 heavy (non-hydrogen) atoms. The van der Waals surface area contributed by atoms with E-state index in [1.807, 2.05) is 0 Å². The van der Waals surface area contributed by atoms with Crippen LogP contribution < -0.4 is 5.32 Å². The Hall–Kier alpha value is -1.62. The highest BCUT2D eigenvalue weighted by Gasteiger charge is 2.42. The van der Waals surface area contributed by atoms with Gasteiger partial charge in [0.1, 0.15) is 5.60 Å². The molecule has 2 fully saturated rings. The number of piperidine rings is 1. The SMILES string of the molecule is Cc1ccc(C2=NOC3(CCN(C(=S)NCC4CCCCC4)CC3)C2)cc1. The summed E-state index contributed by atoms with van der Waals surface area (Å²) in [6.07, 6.45) is 9.75. The van der Waals surface area contributed by atoms with Crippen LogP contribution in [0.5, 0.6) is 0 Å². The van der Waals surface area contributed by atoms with E-state index in [2.05, 4.69) is 46.6 Å². The van der Waals surface area contributed by atoms with Gasteiger partial charge in [0.2, 0.25) is 0 Å². The van der Waals surface area contributed by atoms with E-state index < -0.39 is 0 Å². The van der Waals surface area contributed by atoms with Crippen molar-refractivity contribution < 1.29 is 4.84 Å². The molecule has 0 radical (unpaired) electrons. The normalized spacial score (nSPS) is 22.4. The van der Waals surface area contributed by atoms with Crippen LogP contribution in [-0.4, -0.2) is 41.0 Å². The standard InChI is InChI=1S/C22H31N3OS/c1-17-7-9-19(10-8-17)20-15-22(26-24-20)11-13-25(14-12-22)21(27)23-16-18-5-3-2-4-6-18/h7-10,18H,2-6,11-16H2,1H3,(H,23,27). The zero-order valence-electron chi connectivity index (χ0n) is 16.4. The number of oxime groups is 1. The van der Waals surface area contributed by atoms with E-state index in [1.54, 1.807) is 0 Å². The summed E-state index contributed by atoms with van der Waals surface area (Å²) in [4.78, 5) is 8.28. The van der Waals surface area contributed by atoms with Crippen molar-refractivity contribution in [3.05, 3.63) is 35.4 Å². The van der Waals surface area contributed by atoms with Gasteiger partial charge in [0.05, 0.1) is 5.71 Å². The minimum absolute atomic E-state index is 0.129. The Labute approximate surface area is 168 Å².